The van der Waals surface area contributed by atoms with Crippen LogP contribution in [0, 0.1) is 0 Å². The molecule has 13 heteroatoms. The highest BCUT2D eigenvalue weighted by Gasteiger charge is 2.14. The molecule has 4 rings (SSSR count). The molecule has 43 heavy (non-hydrogen) atoms. The Balaban J connectivity index is 0.000000617. The first-order valence-corrected chi connectivity index (χ1v) is 14.2. The molecule has 0 saturated carbocycles. The van der Waals surface area contributed by atoms with E-state index < -0.39 is 16.4 Å². The van der Waals surface area contributed by atoms with Crippen LogP contribution in [-0.2, 0) is 15.1 Å². The first-order chi connectivity index (χ1) is 20.4. The van der Waals surface area contributed by atoms with Crippen molar-refractivity contribution < 1.29 is 47.2 Å². The number of nitrogens with zero attached hydrogens (tertiary/aromatic N) is 2. The first-order valence-electron chi connectivity index (χ1n) is 12.8. The van der Waals surface area contributed by atoms with E-state index in [0.717, 1.165) is 11.1 Å². The molecule has 0 spiro atoms. The standard InChI is InChI=1S/C14H13NO2.C12H9NO2.2C2H6O.H2O4S/c1-2-17-14(16)12-9-6-10-15-13(12)11-7-4-3-5-8-11;14-12(15)10-7-4-8-13-11(10)9-5-2-1-3-6-9;2*1-2-3;1-5(2,3)4/h3-10H,2H2,1H3;1-8H,(H,14,15);2*3H,2H2,1H3;(H2,1,2,3,4). The molecule has 0 radical (unpaired) electrons. The molecule has 12 nitrogen and oxygen atoms in total. The molecule has 2 heterocycles. The lowest BCUT2D eigenvalue weighted by Gasteiger charge is -2.07. The third kappa shape index (κ3) is 17.1. The molecular formula is C30H36N2O10S. The highest BCUT2D eigenvalue weighted by Crippen LogP contribution is 2.22. The summed E-state index contributed by atoms with van der Waals surface area (Å²) < 4.78 is 36.6. The van der Waals surface area contributed by atoms with Crippen molar-refractivity contribution in [1.82, 2.24) is 9.97 Å². The molecule has 232 valence electrons. The molecule has 0 unspecified atom stereocenters. The van der Waals surface area contributed by atoms with Crippen LogP contribution in [0.3, 0.4) is 0 Å². The fourth-order valence-corrected chi connectivity index (χ4v) is 3.01. The quantitative estimate of drug-likeness (QED) is 0.153. The second-order valence-corrected chi connectivity index (χ2v) is 8.53. The Kier molecular flexibility index (Phi) is 19.8. The summed E-state index contributed by atoms with van der Waals surface area (Å²) in [4.78, 5) is 31.1. The Hall–Kier alpha value is -4.53. The summed E-state index contributed by atoms with van der Waals surface area (Å²) in [6, 6.07) is 25.5. The number of carbonyl (C=O) groups is 2. The van der Waals surface area contributed by atoms with Gasteiger partial charge in [-0.15, -0.1) is 0 Å². The van der Waals surface area contributed by atoms with Gasteiger partial charge in [0.1, 0.15) is 0 Å². The number of carbonyl (C=O) groups excluding carboxylic acids is 1. The molecule has 0 fully saturated rings. The molecule has 0 bridgehead atoms. The number of ether oxygens (including phenoxy) is 1. The lowest BCUT2D eigenvalue weighted by molar-refractivity contribution is 0.0526. The maximum Gasteiger partial charge on any atom is 0.394 e. The van der Waals surface area contributed by atoms with E-state index >= 15 is 0 Å². The molecule has 4 aromatic rings. The largest absolute Gasteiger partial charge is 0.478 e. The number of pyridine rings is 2. The summed E-state index contributed by atoms with van der Waals surface area (Å²) in [5.41, 5.74) is 3.62. The summed E-state index contributed by atoms with van der Waals surface area (Å²) in [5.74, 6) is -1.29. The zero-order valence-electron chi connectivity index (χ0n) is 23.9. The minimum atomic E-state index is -4.67. The van der Waals surface area contributed by atoms with Crippen molar-refractivity contribution in [3.05, 3.63) is 108 Å². The predicted molar refractivity (Wildman–Crippen MR) is 162 cm³/mol. The van der Waals surface area contributed by atoms with Crippen molar-refractivity contribution in [2.75, 3.05) is 19.8 Å². The van der Waals surface area contributed by atoms with Crippen LogP contribution < -0.4 is 0 Å². The number of hydrogen-bond acceptors (Lipinski definition) is 9. The third-order valence-electron chi connectivity index (χ3n) is 4.44. The van der Waals surface area contributed by atoms with Crippen molar-refractivity contribution in [2.45, 2.75) is 20.8 Å². The van der Waals surface area contributed by atoms with Crippen LogP contribution in [0.1, 0.15) is 41.5 Å². The fraction of sp³-hybridized carbons (Fsp3) is 0.200. The van der Waals surface area contributed by atoms with Gasteiger partial charge in [0, 0.05) is 36.7 Å². The maximum atomic E-state index is 11.8. The Bertz CT molecular complexity index is 1440. The van der Waals surface area contributed by atoms with Gasteiger partial charge in [-0.1, -0.05) is 60.7 Å². The van der Waals surface area contributed by atoms with Gasteiger partial charge < -0.3 is 20.1 Å². The minimum absolute atomic E-state index is 0.226. The maximum absolute atomic E-state index is 11.8. The van der Waals surface area contributed by atoms with E-state index in [9.17, 15) is 9.59 Å². The van der Waals surface area contributed by atoms with Crippen molar-refractivity contribution >= 4 is 22.3 Å². The number of aliphatic hydroxyl groups is 2. The van der Waals surface area contributed by atoms with Crippen molar-refractivity contribution in [3.63, 3.8) is 0 Å². The van der Waals surface area contributed by atoms with Gasteiger partial charge in [0.15, 0.2) is 0 Å². The van der Waals surface area contributed by atoms with Gasteiger partial charge in [-0.05, 0) is 45.0 Å². The SMILES string of the molecule is CCO.CCO.CCOC(=O)c1cccnc1-c1ccccc1.O=C(O)c1cccnc1-c1ccccc1.O=S(=O)(O)O. The highest BCUT2D eigenvalue weighted by atomic mass is 32.3. The Labute approximate surface area is 250 Å². The van der Waals surface area contributed by atoms with Gasteiger partial charge >= 0.3 is 22.3 Å². The smallest absolute Gasteiger partial charge is 0.394 e. The summed E-state index contributed by atoms with van der Waals surface area (Å²) in [7, 11) is -4.67. The van der Waals surface area contributed by atoms with Crippen molar-refractivity contribution in [3.8, 4) is 22.5 Å². The zero-order chi connectivity index (χ0) is 32.7. The average Bonchev–Trinajstić information content (AvgIpc) is 2.98. The van der Waals surface area contributed by atoms with Crippen molar-refractivity contribution in [1.29, 1.82) is 0 Å². The normalized spacial score (nSPS) is 9.56. The molecule has 0 saturated heterocycles. The fourth-order valence-electron chi connectivity index (χ4n) is 3.01. The average molecular weight is 617 g/mol. The molecule has 0 aliphatic rings. The number of esters is 1. The molecule has 5 N–H and O–H groups in total. The summed E-state index contributed by atoms with van der Waals surface area (Å²) in [6.45, 7) is 6.01. The van der Waals surface area contributed by atoms with E-state index in [-0.39, 0.29) is 24.7 Å². The summed E-state index contributed by atoms with van der Waals surface area (Å²) in [5, 5.41) is 24.1. The van der Waals surface area contributed by atoms with Crippen LogP contribution in [0.5, 0.6) is 0 Å². The number of carboxylic acids is 1. The van der Waals surface area contributed by atoms with Crippen LogP contribution in [0.4, 0.5) is 0 Å². The van der Waals surface area contributed by atoms with E-state index in [0.29, 0.717) is 23.6 Å². The Morgan fingerprint density at radius 2 is 1.02 bits per heavy atom. The molecular weight excluding hydrogens is 580 g/mol. The van der Waals surface area contributed by atoms with Gasteiger partial charge in [-0.2, -0.15) is 8.42 Å². The van der Waals surface area contributed by atoms with E-state index in [1.54, 1.807) is 57.4 Å². The van der Waals surface area contributed by atoms with Crippen LogP contribution in [-0.4, -0.2) is 74.6 Å². The van der Waals surface area contributed by atoms with E-state index in [2.05, 4.69) is 9.97 Å². The van der Waals surface area contributed by atoms with Crippen LogP contribution in [0.15, 0.2) is 97.3 Å². The third-order valence-corrected chi connectivity index (χ3v) is 4.44. The highest BCUT2D eigenvalue weighted by molar-refractivity contribution is 7.79. The second-order valence-electron chi connectivity index (χ2n) is 7.64. The van der Waals surface area contributed by atoms with Gasteiger partial charge in [0.2, 0.25) is 0 Å². The lowest BCUT2D eigenvalue weighted by atomic mass is 10.1. The molecule has 2 aromatic carbocycles. The zero-order valence-corrected chi connectivity index (χ0v) is 24.8. The van der Waals surface area contributed by atoms with Crippen LogP contribution in [0.2, 0.25) is 0 Å². The van der Waals surface area contributed by atoms with E-state index in [4.69, 9.17) is 37.6 Å². The number of hydrogen-bond donors (Lipinski definition) is 5. The Morgan fingerprint density at radius 1 is 0.674 bits per heavy atom. The number of rotatable bonds is 5. The molecule has 0 aliphatic heterocycles. The second kappa shape index (κ2) is 22.1. The van der Waals surface area contributed by atoms with Gasteiger partial charge in [0.05, 0.1) is 29.1 Å². The Morgan fingerprint density at radius 3 is 1.37 bits per heavy atom. The molecule has 0 atom stereocenters. The summed E-state index contributed by atoms with van der Waals surface area (Å²) >= 11 is 0. The number of aliphatic hydroxyl groups excluding tert-OH is 2. The van der Waals surface area contributed by atoms with Crippen LogP contribution >= 0.6 is 0 Å². The molecule has 0 amide bonds. The van der Waals surface area contributed by atoms with Gasteiger partial charge in [0.25, 0.3) is 0 Å². The number of aromatic nitrogens is 2. The minimum Gasteiger partial charge on any atom is -0.478 e. The monoisotopic (exact) mass is 616 g/mol. The predicted octanol–water partition coefficient (Wildman–Crippen LogP) is 4.72. The topological polar surface area (TPSA) is 204 Å². The van der Waals surface area contributed by atoms with E-state index in [1.807, 2.05) is 60.7 Å². The number of carboxylic acid groups (broad SMARTS) is 1. The molecule has 2 aromatic heterocycles. The van der Waals surface area contributed by atoms with E-state index in [1.165, 1.54) is 0 Å². The van der Waals surface area contributed by atoms with Gasteiger partial charge in [-0.25, -0.2) is 9.59 Å². The number of aromatic carboxylic acids is 1. The summed E-state index contributed by atoms with van der Waals surface area (Å²) in [6.07, 6.45) is 3.26. The van der Waals surface area contributed by atoms with Crippen LogP contribution in [0.25, 0.3) is 22.5 Å². The van der Waals surface area contributed by atoms with Crippen molar-refractivity contribution in [2.24, 2.45) is 0 Å². The first kappa shape index (κ1) is 38.5. The number of benzene rings is 2. The lowest BCUT2D eigenvalue weighted by Crippen LogP contribution is -2.07. The van der Waals surface area contributed by atoms with Gasteiger partial charge in [-0.3, -0.25) is 19.1 Å². The molecule has 0 aliphatic carbocycles.